The van der Waals surface area contributed by atoms with Gasteiger partial charge in [0, 0.05) is 5.02 Å². The minimum atomic E-state index is -1.76. The Morgan fingerprint density at radius 1 is 1.14 bits per heavy atom. The number of esters is 2. The summed E-state index contributed by atoms with van der Waals surface area (Å²) in [5.74, 6) is -3.11. The number of benzene rings is 1. The van der Waals surface area contributed by atoms with E-state index < -0.39 is 23.5 Å². The predicted molar refractivity (Wildman–Crippen MR) is 77.8 cm³/mol. The van der Waals surface area contributed by atoms with E-state index in [1.807, 2.05) is 0 Å². The van der Waals surface area contributed by atoms with Crippen LogP contribution in [0.25, 0.3) is 0 Å². The molecule has 0 spiro atoms. The van der Waals surface area contributed by atoms with Gasteiger partial charge in [0.15, 0.2) is 5.92 Å². The fraction of sp³-hybridized carbons (Fsp3) is 0.467. The van der Waals surface area contributed by atoms with E-state index in [0.29, 0.717) is 10.6 Å². The molecule has 0 aliphatic heterocycles. The summed E-state index contributed by atoms with van der Waals surface area (Å²) >= 11 is 5.80. The Morgan fingerprint density at radius 2 is 1.57 bits per heavy atom. The quantitative estimate of drug-likeness (QED) is 0.644. The Balaban J connectivity index is 3.18. The Kier molecular flexibility index (Phi) is 6.18. The molecular formula is C15H19ClO5. The third-order valence-electron chi connectivity index (χ3n) is 3.04. The highest BCUT2D eigenvalue weighted by atomic mass is 35.5. The van der Waals surface area contributed by atoms with E-state index in [-0.39, 0.29) is 13.2 Å². The molecule has 0 aliphatic rings. The first-order valence-corrected chi connectivity index (χ1v) is 7.04. The fourth-order valence-electron chi connectivity index (χ4n) is 1.96. The van der Waals surface area contributed by atoms with Gasteiger partial charge in [-0.2, -0.15) is 0 Å². The number of halogens is 1. The van der Waals surface area contributed by atoms with Gasteiger partial charge in [0.25, 0.3) is 0 Å². The third-order valence-corrected chi connectivity index (χ3v) is 3.29. The predicted octanol–water partition coefficient (Wildman–Crippen LogP) is 2.29. The summed E-state index contributed by atoms with van der Waals surface area (Å²) in [4.78, 5) is 24.1. The average Bonchev–Trinajstić information content (AvgIpc) is 2.39. The smallest absolute Gasteiger partial charge is 0.323 e. The van der Waals surface area contributed by atoms with E-state index in [1.165, 1.54) is 6.92 Å². The molecule has 1 aromatic carbocycles. The Labute approximate surface area is 128 Å². The lowest BCUT2D eigenvalue weighted by atomic mass is 9.82. The molecular weight excluding hydrogens is 296 g/mol. The highest BCUT2D eigenvalue weighted by Gasteiger charge is 2.46. The van der Waals surface area contributed by atoms with Crippen molar-refractivity contribution in [3.8, 4) is 0 Å². The zero-order valence-electron chi connectivity index (χ0n) is 12.3. The maximum atomic E-state index is 12.0. The number of hydrogen-bond donors (Lipinski definition) is 1. The van der Waals surface area contributed by atoms with Crippen LogP contribution in [0.4, 0.5) is 0 Å². The number of carbonyl (C=O) groups is 2. The van der Waals surface area contributed by atoms with Crippen molar-refractivity contribution in [1.29, 1.82) is 0 Å². The van der Waals surface area contributed by atoms with Gasteiger partial charge in [-0.05, 0) is 38.5 Å². The van der Waals surface area contributed by atoms with Crippen molar-refractivity contribution in [2.75, 3.05) is 13.2 Å². The van der Waals surface area contributed by atoms with Gasteiger partial charge in [-0.15, -0.1) is 0 Å². The minimum absolute atomic E-state index is 0.103. The molecule has 0 heterocycles. The van der Waals surface area contributed by atoms with Crippen LogP contribution in [0.3, 0.4) is 0 Å². The molecule has 0 amide bonds. The molecule has 0 aromatic heterocycles. The summed E-state index contributed by atoms with van der Waals surface area (Å²) in [5, 5.41) is 11.2. The molecule has 1 rings (SSSR count). The van der Waals surface area contributed by atoms with Gasteiger partial charge in [-0.3, -0.25) is 9.59 Å². The zero-order valence-corrected chi connectivity index (χ0v) is 13.0. The monoisotopic (exact) mass is 314 g/mol. The standard InChI is InChI=1S/C15H19ClO5/c1-4-20-13(17)12(14(18)21-5-2)15(3,19)10-6-8-11(16)9-7-10/h6-9,12,19H,4-5H2,1-3H3. The number of carbonyl (C=O) groups excluding carboxylic acids is 2. The third kappa shape index (κ3) is 4.19. The first kappa shape index (κ1) is 17.5. The van der Waals surface area contributed by atoms with E-state index in [1.54, 1.807) is 38.1 Å². The van der Waals surface area contributed by atoms with E-state index in [4.69, 9.17) is 21.1 Å². The molecule has 116 valence electrons. The Hall–Kier alpha value is -1.59. The molecule has 0 aliphatic carbocycles. The van der Waals surface area contributed by atoms with Crippen molar-refractivity contribution < 1.29 is 24.2 Å². The van der Waals surface area contributed by atoms with Crippen LogP contribution in [0.15, 0.2) is 24.3 Å². The van der Waals surface area contributed by atoms with Gasteiger partial charge >= 0.3 is 11.9 Å². The number of aliphatic hydroxyl groups is 1. The molecule has 0 fully saturated rings. The second kappa shape index (κ2) is 7.43. The van der Waals surface area contributed by atoms with Gasteiger partial charge in [0.05, 0.1) is 13.2 Å². The Morgan fingerprint density at radius 3 is 1.95 bits per heavy atom. The molecule has 1 atom stereocenters. The van der Waals surface area contributed by atoms with Crippen molar-refractivity contribution in [3.05, 3.63) is 34.9 Å². The average molecular weight is 315 g/mol. The molecule has 21 heavy (non-hydrogen) atoms. The molecule has 0 saturated carbocycles. The SMILES string of the molecule is CCOC(=O)C(C(=O)OCC)C(C)(O)c1ccc(Cl)cc1. The molecule has 0 bridgehead atoms. The highest BCUT2D eigenvalue weighted by molar-refractivity contribution is 6.30. The van der Waals surface area contributed by atoms with Crippen LogP contribution in [-0.4, -0.2) is 30.3 Å². The first-order chi connectivity index (χ1) is 9.84. The molecule has 1 N–H and O–H groups in total. The zero-order chi connectivity index (χ0) is 16.0. The van der Waals surface area contributed by atoms with Crippen LogP contribution in [0.2, 0.25) is 5.02 Å². The van der Waals surface area contributed by atoms with Gasteiger partial charge in [0.2, 0.25) is 0 Å². The second-order valence-electron chi connectivity index (χ2n) is 4.59. The maximum absolute atomic E-state index is 12.0. The summed E-state index contributed by atoms with van der Waals surface area (Å²) in [6, 6.07) is 6.24. The molecule has 6 heteroatoms. The van der Waals surface area contributed by atoms with Gasteiger partial charge in [-0.1, -0.05) is 23.7 Å². The van der Waals surface area contributed by atoms with E-state index in [0.717, 1.165) is 0 Å². The fourth-order valence-corrected chi connectivity index (χ4v) is 2.09. The van der Waals surface area contributed by atoms with Crippen molar-refractivity contribution in [1.82, 2.24) is 0 Å². The van der Waals surface area contributed by atoms with Crippen LogP contribution in [0.1, 0.15) is 26.3 Å². The summed E-state index contributed by atoms with van der Waals surface area (Å²) in [7, 11) is 0. The molecule has 0 saturated heterocycles. The number of rotatable bonds is 6. The van der Waals surface area contributed by atoms with Crippen LogP contribution < -0.4 is 0 Å². The van der Waals surface area contributed by atoms with Crippen molar-refractivity contribution in [2.24, 2.45) is 5.92 Å². The second-order valence-corrected chi connectivity index (χ2v) is 5.03. The lowest BCUT2D eigenvalue weighted by molar-refractivity contribution is -0.174. The van der Waals surface area contributed by atoms with E-state index >= 15 is 0 Å². The molecule has 1 aromatic rings. The van der Waals surface area contributed by atoms with Crippen LogP contribution in [0.5, 0.6) is 0 Å². The summed E-state index contributed by atoms with van der Waals surface area (Å²) < 4.78 is 9.75. The topological polar surface area (TPSA) is 72.8 Å². The highest BCUT2D eigenvalue weighted by Crippen LogP contribution is 2.32. The molecule has 1 unspecified atom stereocenters. The van der Waals surface area contributed by atoms with Gasteiger partial charge in [0.1, 0.15) is 5.60 Å². The normalized spacial score (nSPS) is 13.6. The molecule has 0 radical (unpaired) electrons. The number of ether oxygens (including phenoxy) is 2. The Bertz CT molecular complexity index is 477. The summed E-state index contributed by atoms with van der Waals surface area (Å²) in [6.07, 6.45) is 0. The van der Waals surface area contributed by atoms with Crippen molar-refractivity contribution >= 4 is 23.5 Å². The lowest BCUT2D eigenvalue weighted by Crippen LogP contribution is -2.44. The van der Waals surface area contributed by atoms with Crippen molar-refractivity contribution in [3.63, 3.8) is 0 Å². The van der Waals surface area contributed by atoms with Crippen molar-refractivity contribution in [2.45, 2.75) is 26.4 Å². The lowest BCUT2D eigenvalue weighted by Gasteiger charge is -2.30. The van der Waals surface area contributed by atoms with Crippen LogP contribution in [-0.2, 0) is 24.7 Å². The van der Waals surface area contributed by atoms with Gasteiger partial charge < -0.3 is 14.6 Å². The number of hydrogen-bond acceptors (Lipinski definition) is 5. The van der Waals surface area contributed by atoms with Gasteiger partial charge in [-0.25, -0.2) is 0 Å². The first-order valence-electron chi connectivity index (χ1n) is 6.66. The summed E-state index contributed by atoms with van der Waals surface area (Å²) in [6.45, 7) is 4.82. The van der Waals surface area contributed by atoms with Crippen LogP contribution in [0, 0.1) is 5.92 Å². The summed E-state index contributed by atoms with van der Waals surface area (Å²) in [5.41, 5.74) is -1.39. The minimum Gasteiger partial charge on any atom is -0.465 e. The largest absolute Gasteiger partial charge is 0.465 e. The van der Waals surface area contributed by atoms with E-state index in [2.05, 4.69) is 0 Å². The van der Waals surface area contributed by atoms with Crippen LogP contribution >= 0.6 is 11.6 Å². The maximum Gasteiger partial charge on any atom is 0.323 e. The van der Waals surface area contributed by atoms with E-state index in [9.17, 15) is 14.7 Å². The molecule has 5 nitrogen and oxygen atoms in total.